The summed E-state index contributed by atoms with van der Waals surface area (Å²) in [7, 11) is 0. The van der Waals surface area contributed by atoms with Gasteiger partial charge in [0.1, 0.15) is 0 Å². The Morgan fingerprint density at radius 3 is 2.81 bits per heavy atom. The molecule has 0 aliphatic rings. The third-order valence-corrected chi connectivity index (χ3v) is 2.31. The summed E-state index contributed by atoms with van der Waals surface area (Å²) < 4.78 is 1.68. The highest BCUT2D eigenvalue weighted by molar-refractivity contribution is 5.09. The van der Waals surface area contributed by atoms with E-state index in [1.165, 1.54) is 0 Å². The van der Waals surface area contributed by atoms with Gasteiger partial charge in [-0.1, -0.05) is 20.4 Å². The zero-order valence-electron chi connectivity index (χ0n) is 10.3. The molecule has 0 aliphatic carbocycles. The minimum atomic E-state index is 0.0331. The van der Waals surface area contributed by atoms with Crippen molar-refractivity contribution < 1.29 is 0 Å². The fourth-order valence-electron chi connectivity index (χ4n) is 1.38. The van der Waals surface area contributed by atoms with Crippen molar-refractivity contribution in [2.75, 3.05) is 6.54 Å². The van der Waals surface area contributed by atoms with Crippen LogP contribution in [-0.2, 0) is 6.54 Å². The molecular weight excluding hydrogens is 200 g/mol. The normalized spacial score (nSPS) is 10.8. The molecule has 0 fully saturated rings. The van der Waals surface area contributed by atoms with Gasteiger partial charge in [-0.3, -0.25) is 4.79 Å². The zero-order valence-corrected chi connectivity index (χ0v) is 10.3. The highest BCUT2D eigenvalue weighted by atomic mass is 16.1. The minimum Gasteiger partial charge on any atom is -0.311 e. The molecule has 0 bridgehead atoms. The Bertz CT molecular complexity index is 418. The summed E-state index contributed by atoms with van der Waals surface area (Å²) in [4.78, 5) is 11.6. The van der Waals surface area contributed by atoms with Crippen LogP contribution in [0.3, 0.4) is 0 Å². The predicted octanol–water partition coefficient (Wildman–Crippen LogP) is 1.71. The zero-order chi connectivity index (χ0) is 12.1. The van der Waals surface area contributed by atoms with Crippen molar-refractivity contribution in [2.24, 2.45) is 0 Å². The molecule has 1 aromatic heterocycles. The molecule has 0 amide bonds. The highest BCUT2D eigenvalue weighted by Crippen LogP contribution is 1.96. The van der Waals surface area contributed by atoms with E-state index >= 15 is 0 Å². The lowest BCUT2D eigenvalue weighted by Crippen LogP contribution is -2.28. The van der Waals surface area contributed by atoms with Gasteiger partial charge in [-0.05, 0) is 24.1 Å². The van der Waals surface area contributed by atoms with Crippen LogP contribution in [0.2, 0.25) is 0 Å². The lowest BCUT2D eigenvalue weighted by Gasteiger charge is -2.12. The van der Waals surface area contributed by atoms with Gasteiger partial charge in [0.15, 0.2) is 0 Å². The standard InChI is InChI=1S/C13H20N2O/c1-10(2)14-8-12(4)9-15-6-5-11(3)7-13(15)16/h5-7,10,14H,4,8-9H2,1-3H3. The molecule has 0 unspecified atom stereocenters. The van der Waals surface area contributed by atoms with E-state index in [1.54, 1.807) is 10.6 Å². The average Bonchev–Trinajstić information content (AvgIpc) is 2.19. The van der Waals surface area contributed by atoms with Crippen LogP contribution in [0.5, 0.6) is 0 Å². The number of nitrogens with zero attached hydrogens (tertiary/aromatic N) is 1. The largest absolute Gasteiger partial charge is 0.311 e. The maximum Gasteiger partial charge on any atom is 0.251 e. The number of aromatic nitrogens is 1. The van der Waals surface area contributed by atoms with Crippen LogP contribution < -0.4 is 10.9 Å². The Labute approximate surface area is 96.8 Å². The molecule has 1 aromatic rings. The van der Waals surface area contributed by atoms with E-state index in [4.69, 9.17) is 0 Å². The number of pyridine rings is 1. The van der Waals surface area contributed by atoms with E-state index in [1.807, 2.05) is 19.2 Å². The molecule has 0 aliphatic heterocycles. The molecule has 1 heterocycles. The fourth-order valence-corrected chi connectivity index (χ4v) is 1.38. The lowest BCUT2D eigenvalue weighted by atomic mass is 10.2. The van der Waals surface area contributed by atoms with Gasteiger partial charge in [-0.15, -0.1) is 0 Å². The van der Waals surface area contributed by atoms with Crippen LogP contribution in [-0.4, -0.2) is 17.2 Å². The van der Waals surface area contributed by atoms with Gasteiger partial charge in [0.25, 0.3) is 5.56 Å². The monoisotopic (exact) mass is 220 g/mol. The van der Waals surface area contributed by atoms with E-state index < -0.39 is 0 Å². The Morgan fingerprint density at radius 2 is 2.25 bits per heavy atom. The number of nitrogens with one attached hydrogen (secondary N) is 1. The van der Waals surface area contributed by atoms with Crippen molar-refractivity contribution in [1.29, 1.82) is 0 Å². The molecular formula is C13H20N2O. The first kappa shape index (κ1) is 12.7. The van der Waals surface area contributed by atoms with E-state index in [2.05, 4.69) is 25.7 Å². The van der Waals surface area contributed by atoms with E-state index in [0.29, 0.717) is 12.6 Å². The minimum absolute atomic E-state index is 0.0331. The second-order valence-electron chi connectivity index (χ2n) is 4.46. The molecule has 0 saturated carbocycles. The Hall–Kier alpha value is -1.35. The molecule has 0 saturated heterocycles. The quantitative estimate of drug-likeness (QED) is 0.766. The van der Waals surface area contributed by atoms with Crippen molar-refractivity contribution in [3.63, 3.8) is 0 Å². The number of aryl methyl sites for hydroxylation is 1. The number of hydrogen-bond donors (Lipinski definition) is 1. The molecule has 1 rings (SSSR count). The molecule has 0 spiro atoms. The number of rotatable bonds is 5. The molecule has 0 atom stereocenters. The second-order valence-corrected chi connectivity index (χ2v) is 4.46. The summed E-state index contributed by atoms with van der Waals surface area (Å²) in [5, 5.41) is 3.28. The SMILES string of the molecule is C=C(CNC(C)C)Cn1ccc(C)cc1=O. The molecule has 3 nitrogen and oxygen atoms in total. The topological polar surface area (TPSA) is 34.0 Å². The molecule has 0 radical (unpaired) electrons. The van der Waals surface area contributed by atoms with Crippen molar-refractivity contribution in [3.05, 3.63) is 46.4 Å². The van der Waals surface area contributed by atoms with Crippen molar-refractivity contribution >= 4 is 0 Å². The molecule has 0 aromatic carbocycles. The van der Waals surface area contributed by atoms with Crippen LogP contribution in [0.1, 0.15) is 19.4 Å². The summed E-state index contributed by atoms with van der Waals surface area (Å²) in [5.41, 5.74) is 2.04. The fraction of sp³-hybridized carbons (Fsp3) is 0.462. The Balaban J connectivity index is 2.60. The predicted molar refractivity (Wildman–Crippen MR) is 67.7 cm³/mol. The third kappa shape index (κ3) is 4.03. The first-order valence-corrected chi connectivity index (χ1v) is 5.56. The lowest BCUT2D eigenvalue weighted by molar-refractivity contribution is 0.600. The van der Waals surface area contributed by atoms with Crippen LogP contribution in [0.15, 0.2) is 35.3 Å². The molecule has 16 heavy (non-hydrogen) atoms. The molecule has 1 N–H and O–H groups in total. The van der Waals surface area contributed by atoms with Crippen LogP contribution in [0.4, 0.5) is 0 Å². The van der Waals surface area contributed by atoms with Crippen LogP contribution in [0.25, 0.3) is 0 Å². The Kier molecular flexibility index (Phi) is 4.50. The smallest absolute Gasteiger partial charge is 0.251 e. The summed E-state index contributed by atoms with van der Waals surface area (Å²) >= 11 is 0. The first-order chi connectivity index (χ1) is 7.49. The number of hydrogen-bond acceptors (Lipinski definition) is 2. The van der Waals surface area contributed by atoms with E-state index in [9.17, 15) is 4.79 Å². The van der Waals surface area contributed by atoms with Gasteiger partial charge in [0.05, 0.1) is 0 Å². The van der Waals surface area contributed by atoms with Crippen molar-refractivity contribution in [2.45, 2.75) is 33.4 Å². The van der Waals surface area contributed by atoms with Crippen LogP contribution >= 0.6 is 0 Å². The summed E-state index contributed by atoms with van der Waals surface area (Å²) in [6.07, 6.45) is 1.82. The van der Waals surface area contributed by atoms with Gasteiger partial charge in [-0.2, -0.15) is 0 Å². The first-order valence-electron chi connectivity index (χ1n) is 5.56. The average molecular weight is 220 g/mol. The van der Waals surface area contributed by atoms with Crippen molar-refractivity contribution in [1.82, 2.24) is 9.88 Å². The molecule has 88 valence electrons. The molecule has 3 heteroatoms. The summed E-state index contributed by atoms with van der Waals surface area (Å²) in [6.45, 7) is 11.4. The maximum absolute atomic E-state index is 11.6. The van der Waals surface area contributed by atoms with E-state index in [-0.39, 0.29) is 5.56 Å². The van der Waals surface area contributed by atoms with Gasteiger partial charge >= 0.3 is 0 Å². The van der Waals surface area contributed by atoms with Gasteiger partial charge in [0, 0.05) is 31.4 Å². The Morgan fingerprint density at radius 1 is 1.56 bits per heavy atom. The summed E-state index contributed by atoms with van der Waals surface area (Å²) in [5.74, 6) is 0. The maximum atomic E-state index is 11.6. The summed E-state index contributed by atoms with van der Waals surface area (Å²) in [6, 6.07) is 4.01. The second kappa shape index (κ2) is 5.66. The van der Waals surface area contributed by atoms with Gasteiger partial charge in [0.2, 0.25) is 0 Å². The highest BCUT2D eigenvalue weighted by Gasteiger charge is 2.00. The van der Waals surface area contributed by atoms with Gasteiger partial charge < -0.3 is 9.88 Å². The van der Waals surface area contributed by atoms with E-state index in [0.717, 1.165) is 17.7 Å². The van der Waals surface area contributed by atoms with Crippen LogP contribution in [0, 0.1) is 6.92 Å². The van der Waals surface area contributed by atoms with Gasteiger partial charge in [-0.25, -0.2) is 0 Å². The van der Waals surface area contributed by atoms with Crippen molar-refractivity contribution in [3.8, 4) is 0 Å². The third-order valence-electron chi connectivity index (χ3n) is 2.31.